The molecule has 2 rings (SSSR count). The first-order chi connectivity index (χ1) is 7.13. The maximum absolute atomic E-state index is 13.8. The first-order valence-electron chi connectivity index (χ1n) is 4.66. The molecule has 0 aliphatic heterocycles. The Bertz CT molecular complexity index is 525. The molecular formula is C11H10ClFN2. The summed E-state index contributed by atoms with van der Waals surface area (Å²) in [5, 5.41) is 0.711. The molecule has 2 nitrogen and oxygen atoms in total. The van der Waals surface area contributed by atoms with Crippen molar-refractivity contribution in [3.63, 3.8) is 0 Å². The number of halogens is 2. The molecule has 0 atom stereocenters. The Balaban J connectivity index is 2.81. The molecule has 0 saturated heterocycles. The van der Waals surface area contributed by atoms with Crippen LogP contribution in [0, 0.1) is 5.82 Å². The molecule has 0 amide bonds. The lowest BCUT2D eigenvalue weighted by Gasteiger charge is -2.05. The molecule has 0 bridgehead atoms. The van der Waals surface area contributed by atoms with Crippen LogP contribution in [0.2, 0.25) is 5.02 Å². The maximum atomic E-state index is 13.8. The monoisotopic (exact) mass is 224 g/mol. The molecule has 0 spiro atoms. The van der Waals surface area contributed by atoms with Crippen molar-refractivity contribution in [2.75, 3.05) is 5.73 Å². The fourth-order valence-electron chi connectivity index (χ4n) is 1.52. The van der Waals surface area contributed by atoms with E-state index in [-0.39, 0.29) is 16.7 Å². The molecule has 1 aromatic carbocycles. The zero-order chi connectivity index (χ0) is 11.0. The summed E-state index contributed by atoms with van der Waals surface area (Å²) in [7, 11) is 0. The average Bonchev–Trinajstić information content (AvgIpc) is 2.22. The van der Waals surface area contributed by atoms with E-state index in [9.17, 15) is 4.39 Å². The Hall–Kier alpha value is -1.35. The number of fused-ring (bicyclic) bond motifs is 1. The van der Waals surface area contributed by atoms with Crippen LogP contribution in [-0.4, -0.2) is 4.98 Å². The molecule has 1 aromatic heterocycles. The van der Waals surface area contributed by atoms with E-state index in [1.54, 1.807) is 12.1 Å². The van der Waals surface area contributed by atoms with Gasteiger partial charge in [0.2, 0.25) is 0 Å². The molecule has 15 heavy (non-hydrogen) atoms. The number of hydrogen-bond acceptors (Lipinski definition) is 2. The largest absolute Gasteiger partial charge is 0.382 e. The highest BCUT2D eigenvalue weighted by molar-refractivity contribution is 6.33. The Kier molecular flexibility index (Phi) is 2.49. The van der Waals surface area contributed by atoms with Crippen LogP contribution in [0.15, 0.2) is 18.2 Å². The number of nitrogens with two attached hydrogens (primary N) is 1. The first-order valence-corrected chi connectivity index (χ1v) is 5.04. The van der Waals surface area contributed by atoms with Gasteiger partial charge in [0.05, 0.1) is 10.5 Å². The summed E-state index contributed by atoms with van der Waals surface area (Å²) in [5.41, 5.74) is 6.73. The second-order valence-corrected chi connectivity index (χ2v) is 3.72. The zero-order valence-corrected chi connectivity index (χ0v) is 8.98. The van der Waals surface area contributed by atoms with Crippen molar-refractivity contribution in [3.8, 4) is 0 Å². The Morgan fingerprint density at radius 2 is 2.20 bits per heavy atom. The van der Waals surface area contributed by atoms with Crippen molar-refractivity contribution in [1.82, 2.24) is 4.98 Å². The van der Waals surface area contributed by atoms with Gasteiger partial charge in [-0.05, 0) is 24.1 Å². The molecule has 0 radical (unpaired) electrons. The third-order valence-corrected chi connectivity index (χ3v) is 2.68. The Morgan fingerprint density at radius 3 is 2.87 bits per heavy atom. The van der Waals surface area contributed by atoms with Gasteiger partial charge < -0.3 is 5.73 Å². The van der Waals surface area contributed by atoms with E-state index in [2.05, 4.69) is 4.98 Å². The Morgan fingerprint density at radius 1 is 1.47 bits per heavy atom. The van der Waals surface area contributed by atoms with Crippen LogP contribution in [0.25, 0.3) is 10.9 Å². The molecular weight excluding hydrogens is 215 g/mol. The van der Waals surface area contributed by atoms with Crippen LogP contribution in [0.1, 0.15) is 12.5 Å². The first kappa shape index (κ1) is 10.2. The minimum absolute atomic E-state index is 0.229. The van der Waals surface area contributed by atoms with Crippen LogP contribution in [0.5, 0.6) is 0 Å². The van der Waals surface area contributed by atoms with Crippen LogP contribution in [0.4, 0.5) is 10.2 Å². The summed E-state index contributed by atoms with van der Waals surface area (Å²) in [6.07, 6.45) is 0.643. The minimum atomic E-state index is -0.260. The standard InChI is InChI=1S/C11H10ClFN2/c1-2-6-3-4-9-7(10(6)13)5-8(12)11(14)15-9/h3-5H,2H2,1H3,(H2,14,15). The normalized spacial score (nSPS) is 10.9. The number of benzene rings is 1. The van der Waals surface area contributed by atoms with Crippen LogP contribution in [-0.2, 0) is 6.42 Å². The molecule has 2 aromatic rings. The summed E-state index contributed by atoms with van der Waals surface area (Å²) in [5.74, 6) is -0.0304. The second kappa shape index (κ2) is 3.66. The number of nitrogen functional groups attached to an aromatic ring is 1. The molecule has 0 aliphatic rings. The van der Waals surface area contributed by atoms with Crippen molar-refractivity contribution < 1.29 is 4.39 Å². The molecule has 78 valence electrons. The highest BCUT2D eigenvalue weighted by Crippen LogP contribution is 2.26. The van der Waals surface area contributed by atoms with Gasteiger partial charge in [0.1, 0.15) is 11.6 Å². The Labute approximate surface area is 91.9 Å². The lowest BCUT2D eigenvalue weighted by Crippen LogP contribution is -1.95. The second-order valence-electron chi connectivity index (χ2n) is 3.31. The quantitative estimate of drug-likeness (QED) is 0.808. The molecule has 0 unspecified atom stereocenters. The predicted molar refractivity (Wildman–Crippen MR) is 60.5 cm³/mol. The van der Waals surface area contributed by atoms with Crippen LogP contribution < -0.4 is 5.73 Å². The third kappa shape index (κ3) is 1.63. The number of rotatable bonds is 1. The highest BCUT2D eigenvalue weighted by atomic mass is 35.5. The van der Waals surface area contributed by atoms with Crippen LogP contribution >= 0.6 is 11.6 Å². The van der Waals surface area contributed by atoms with Crippen molar-refractivity contribution >= 4 is 28.3 Å². The van der Waals surface area contributed by atoms with Gasteiger partial charge in [-0.25, -0.2) is 9.37 Å². The van der Waals surface area contributed by atoms with E-state index in [1.807, 2.05) is 6.92 Å². The van der Waals surface area contributed by atoms with Crippen molar-refractivity contribution in [2.45, 2.75) is 13.3 Å². The van der Waals surface area contributed by atoms with Gasteiger partial charge in [-0.3, -0.25) is 0 Å². The van der Waals surface area contributed by atoms with E-state index in [4.69, 9.17) is 17.3 Å². The average molecular weight is 225 g/mol. The van der Waals surface area contributed by atoms with E-state index in [0.717, 1.165) is 0 Å². The molecule has 1 heterocycles. The number of aryl methyl sites for hydroxylation is 1. The summed E-state index contributed by atoms with van der Waals surface area (Å²) in [6, 6.07) is 5.00. The van der Waals surface area contributed by atoms with E-state index in [0.29, 0.717) is 22.9 Å². The van der Waals surface area contributed by atoms with Gasteiger partial charge in [-0.1, -0.05) is 24.6 Å². The van der Waals surface area contributed by atoms with Crippen molar-refractivity contribution in [2.24, 2.45) is 0 Å². The summed E-state index contributed by atoms with van der Waals surface area (Å²) >= 11 is 5.80. The fraction of sp³-hybridized carbons (Fsp3) is 0.182. The minimum Gasteiger partial charge on any atom is -0.382 e. The van der Waals surface area contributed by atoms with E-state index in [1.165, 1.54) is 6.07 Å². The van der Waals surface area contributed by atoms with Gasteiger partial charge in [0, 0.05) is 5.39 Å². The molecule has 2 N–H and O–H groups in total. The predicted octanol–water partition coefficient (Wildman–Crippen LogP) is 3.17. The van der Waals surface area contributed by atoms with Crippen LogP contribution in [0.3, 0.4) is 0 Å². The molecule has 0 aliphatic carbocycles. The fourth-order valence-corrected chi connectivity index (χ4v) is 1.67. The lowest BCUT2D eigenvalue weighted by molar-refractivity contribution is 0.624. The lowest BCUT2D eigenvalue weighted by atomic mass is 10.1. The smallest absolute Gasteiger partial charge is 0.142 e. The highest BCUT2D eigenvalue weighted by Gasteiger charge is 2.09. The van der Waals surface area contributed by atoms with E-state index < -0.39 is 0 Å². The number of anilines is 1. The SMILES string of the molecule is CCc1ccc2nc(N)c(Cl)cc2c1F. The summed E-state index contributed by atoms with van der Waals surface area (Å²) < 4.78 is 13.8. The van der Waals surface area contributed by atoms with Gasteiger partial charge in [-0.15, -0.1) is 0 Å². The molecule has 0 fully saturated rings. The summed E-state index contributed by atoms with van der Waals surface area (Å²) in [6.45, 7) is 1.90. The van der Waals surface area contributed by atoms with Gasteiger partial charge >= 0.3 is 0 Å². The topological polar surface area (TPSA) is 38.9 Å². The number of hydrogen-bond donors (Lipinski definition) is 1. The van der Waals surface area contributed by atoms with Gasteiger partial charge in [0.15, 0.2) is 0 Å². The maximum Gasteiger partial charge on any atom is 0.142 e. The van der Waals surface area contributed by atoms with E-state index >= 15 is 0 Å². The number of aromatic nitrogens is 1. The summed E-state index contributed by atoms with van der Waals surface area (Å²) in [4.78, 5) is 4.02. The molecule has 0 saturated carbocycles. The molecule has 4 heteroatoms. The third-order valence-electron chi connectivity index (χ3n) is 2.37. The van der Waals surface area contributed by atoms with Crippen molar-refractivity contribution in [1.29, 1.82) is 0 Å². The van der Waals surface area contributed by atoms with Gasteiger partial charge in [-0.2, -0.15) is 0 Å². The number of pyridine rings is 1. The zero-order valence-electron chi connectivity index (χ0n) is 8.22. The number of nitrogens with zero attached hydrogens (tertiary/aromatic N) is 1. The van der Waals surface area contributed by atoms with Crippen molar-refractivity contribution in [3.05, 3.63) is 34.6 Å². The van der Waals surface area contributed by atoms with Gasteiger partial charge in [0.25, 0.3) is 0 Å².